The van der Waals surface area contributed by atoms with Crippen LogP contribution in [0, 0.1) is 0 Å². The Balaban J connectivity index is 1.68. The highest BCUT2D eigenvalue weighted by molar-refractivity contribution is 8.18. The van der Waals surface area contributed by atoms with Crippen molar-refractivity contribution in [2.24, 2.45) is 4.99 Å². The molecule has 1 aliphatic heterocycles. The highest BCUT2D eigenvalue weighted by Crippen LogP contribution is 2.30. The Morgan fingerprint density at radius 3 is 2.96 bits per heavy atom. The van der Waals surface area contributed by atoms with E-state index in [2.05, 4.69) is 27.5 Å². The quantitative estimate of drug-likeness (QED) is 0.598. The van der Waals surface area contributed by atoms with Gasteiger partial charge in [0.25, 0.3) is 5.91 Å². The number of aliphatic imine (C=N–C) groups is 1. The summed E-state index contributed by atoms with van der Waals surface area (Å²) in [7, 11) is 0. The third-order valence-corrected chi connectivity index (χ3v) is 5.05. The summed E-state index contributed by atoms with van der Waals surface area (Å²) in [5.41, 5.74) is 0.821. The largest absolute Gasteiger partial charge is 0.362 e. The number of carbonyl (C=O) groups excluding carboxylic acids is 1. The minimum absolute atomic E-state index is 0.122. The molecule has 0 bridgehead atoms. The van der Waals surface area contributed by atoms with Gasteiger partial charge >= 0.3 is 0 Å². The average molecular weight is 358 g/mol. The molecule has 0 unspecified atom stereocenters. The van der Waals surface area contributed by atoms with E-state index in [0.29, 0.717) is 10.1 Å². The summed E-state index contributed by atoms with van der Waals surface area (Å²) in [6, 6.07) is 9.58. The van der Waals surface area contributed by atoms with Crippen molar-refractivity contribution in [2.45, 2.75) is 19.8 Å². The molecule has 1 amide bonds. The van der Waals surface area contributed by atoms with Crippen LogP contribution in [0.2, 0.25) is 0 Å². The predicted octanol–water partition coefficient (Wildman–Crippen LogP) is 4.25. The fraction of sp³-hybridized carbons (Fsp3) is 0.235. The van der Waals surface area contributed by atoms with E-state index in [9.17, 15) is 4.79 Å². The van der Waals surface area contributed by atoms with E-state index in [1.807, 2.05) is 36.4 Å². The Bertz CT molecular complexity index is 768. The van der Waals surface area contributed by atoms with Crippen LogP contribution in [-0.4, -0.2) is 22.6 Å². The molecule has 0 atom stereocenters. The number of aromatic nitrogens is 1. The number of carbonyl (C=O) groups is 1. The van der Waals surface area contributed by atoms with Gasteiger partial charge < -0.3 is 10.6 Å². The number of unbranched alkanes of at least 4 members (excludes halogenated alkanes) is 1. The highest BCUT2D eigenvalue weighted by Gasteiger charge is 2.24. The van der Waals surface area contributed by atoms with Crippen molar-refractivity contribution in [3.8, 4) is 0 Å². The first-order valence-corrected chi connectivity index (χ1v) is 9.42. The van der Waals surface area contributed by atoms with Crippen LogP contribution >= 0.6 is 23.1 Å². The topological polar surface area (TPSA) is 66.4 Å². The van der Waals surface area contributed by atoms with Crippen molar-refractivity contribution in [3.05, 3.63) is 46.3 Å². The molecular formula is C17H18N4OS2. The van der Waals surface area contributed by atoms with Crippen molar-refractivity contribution in [1.29, 1.82) is 0 Å². The lowest BCUT2D eigenvalue weighted by Gasteiger charge is -1.98. The highest BCUT2D eigenvalue weighted by atomic mass is 32.2. The number of amides is 1. The van der Waals surface area contributed by atoms with Crippen molar-refractivity contribution >= 4 is 51.1 Å². The Labute approximate surface area is 149 Å². The maximum atomic E-state index is 12.1. The monoisotopic (exact) mass is 358 g/mol. The molecule has 1 saturated heterocycles. The van der Waals surface area contributed by atoms with Crippen molar-refractivity contribution in [1.82, 2.24) is 10.3 Å². The van der Waals surface area contributed by atoms with E-state index >= 15 is 0 Å². The molecule has 1 aromatic heterocycles. The molecule has 7 heteroatoms. The number of hydrogen-bond donors (Lipinski definition) is 2. The first-order valence-electron chi connectivity index (χ1n) is 7.79. The third kappa shape index (κ3) is 4.46. The zero-order valence-corrected chi connectivity index (χ0v) is 14.9. The lowest BCUT2D eigenvalue weighted by atomic mass is 10.3. The third-order valence-electron chi connectivity index (χ3n) is 3.24. The van der Waals surface area contributed by atoms with Crippen LogP contribution in [0.25, 0.3) is 6.08 Å². The average Bonchev–Trinajstić information content (AvgIpc) is 3.16. The van der Waals surface area contributed by atoms with Crippen molar-refractivity contribution in [3.63, 3.8) is 0 Å². The first kappa shape index (κ1) is 16.7. The van der Waals surface area contributed by atoms with Gasteiger partial charge in [0, 0.05) is 12.7 Å². The lowest BCUT2D eigenvalue weighted by Crippen LogP contribution is -2.19. The molecule has 0 radical (unpaired) electrons. The first-order chi connectivity index (χ1) is 11.7. The summed E-state index contributed by atoms with van der Waals surface area (Å²) in [5.74, 6) is -0.122. The molecule has 0 saturated carbocycles. The normalized spacial score (nSPS) is 17.5. The summed E-state index contributed by atoms with van der Waals surface area (Å²) in [4.78, 5) is 22.4. The lowest BCUT2D eigenvalue weighted by molar-refractivity contribution is -0.115. The van der Waals surface area contributed by atoms with E-state index in [-0.39, 0.29) is 5.91 Å². The zero-order valence-electron chi connectivity index (χ0n) is 13.3. The molecule has 2 N–H and O–H groups in total. The summed E-state index contributed by atoms with van der Waals surface area (Å²) in [5, 5.41) is 7.57. The smallest absolute Gasteiger partial charge is 0.264 e. The second-order valence-electron chi connectivity index (χ2n) is 5.17. The van der Waals surface area contributed by atoms with Crippen LogP contribution in [0.15, 0.2) is 46.4 Å². The van der Waals surface area contributed by atoms with Crippen LogP contribution in [0.3, 0.4) is 0 Å². The Morgan fingerprint density at radius 1 is 1.33 bits per heavy atom. The summed E-state index contributed by atoms with van der Waals surface area (Å²) < 4.78 is 0. The number of nitrogens with zero attached hydrogens (tertiary/aromatic N) is 2. The van der Waals surface area contributed by atoms with Crippen LogP contribution in [-0.2, 0) is 4.79 Å². The van der Waals surface area contributed by atoms with E-state index in [0.717, 1.165) is 35.1 Å². The number of hydrogen-bond acceptors (Lipinski definition) is 6. The number of anilines is 1. The van der Waals surface area contributed by atoms with E-state index in [4.69, 9.17) is 0 Å². The van der Waals surface area contributed by atoms with Gasteiger partial charge in [-0.2, -0.15) is 0 Å². The molecular weight excluding hydrogens is 340 g/mol. The minimum atomic E-state index is -0.122. The number of rotatable bonds is 6. The van der Waals surface area contributed by atoms with Gasteiger partial charge in [-0.25, -0.2) is 9.98 Å². The van der Waals surface area contributed by atoms with Gasteiger partial charge in [0.2, 0.25) is 0 Å². The number of thioether (sulfide) groups is 1. The van der Waals surface area contributed by atoms with Crippen LogP contribution < -0.4 is 10.6 Å². The van der Waals surface area contributed by atoms with Crippen LogP contribution in [0.5, 0.6) is 0 Å². The van der Waals surface area contributed by atoms with E-state index in [1.165, 1.54) is 11.8 Å². The molecule has 5 nitrogen and oxygen atoms in total. The standard InChI is InChI=1S/C17H18N4OS2/c1-2-3-9-18-16-19-11-13(23-16)10-14-15(22)21-17(24-14)20-12-7-5-4-6-8-12/h4-8,10-11H,2-3,9H2,1H3,(H,18,19)(H,20,21,22)/b14-10-. The van der Waals surface area contributed by atoms with Crippen LogP contribution in [0.1, 0.15) is 24.6 Å². The van der Waals surface area contributed by atoms with Crippen molar-refractivity contribution in [2.75, 3.05) is 11.9 Å². The number of nitrogens with one attached hydrogen (secondary N) is 2. The van der Waals surface area contributed by atoms with Gasteiger partial charge in [0.1, 0.15) is 0 Å². The molecule has 3 rings (SSSR count). The molecule has 0 aliphatic carbocycles. The number of para-hydroxylation sites is 1. The summed E-state index contributed by atoms with van der Waals surface area (Å²) >= 11 is 2.89. The molecule has 24 heavy (non-hydrogen) atoms. The van der Waals surface area contributed by atoms with Gasteiger partial charge in [-0.1, -0.05) is 42.9 Å². The number of benzene rings is 1. The molecule has 1 aliphatic rings. The summed E-state index contributed by atoms with van der Waals surface area (Å²) in [6.07, 6.45) is 5.91. The fourth-order valence-electron chi connectivity index (χ4n) is 2.04. The molecule has 1 aromatic carbocycles. The molecule has 124 valence electrons. The SMILES string of the molecule is CCCCNc1ncc(/C=C2\S/C(=N\c3ccccc3)NC2=O)s1. The molecule has 2 aromatic rings. The Morgan fingerprint density at radius 2 is 2.17 bits per heavy atom. The molecule has 2 heterocycles. The predicted molar refractivity (Wildman–Crippen MR) is 103 cm³/mol. The number of thiazole rings is 1. The Kier molecular flexibility index (Phi) is 5.66. The maximum Gasteiger partial charge on any atom is 0.264 e. The van der Waals surface area contributed by atoms with Crippen molar-refractivity contribution < 1.29 is 4.79 Å². The second kappa shape index (κ2) is 8.12. The van der Waals surface area contributed by atoms with E-state index < -0.39 is 0 Å². The zero-order chi connectivity index (χ0) is 16.8. The molecule has 1 fully saturated rings. The maximum absolute atomic E-state index is 12.1. The van der Waals surface area contributed by atoms with Gasteiger partial charge in [0.15, 0.2) is 10.3 Å². The van der Waals surface area contributed by atoms with E-state index in [1.54, 1.807) is 17.5 Å². The fourth-order valence-corrected chi connectivity index (χ4v) is 3.73. The van der Waals surface area contributed by atoms with Gasteiger partial charge in [0.05, 0.1) is 15.5 Å². The molecule has 0 spiro atoms. The van der Waals surface area contributed by atoms with Gasteiger partial charge in [-0.15, -0.1) is 0 Å². The second-order valence-corrected chi connectivity index (χ2v) is 7.26. The van der Waals surface area contributed by atoms with Gasteiger partial charge in [-0.05, 0) is 36.4 Å². The van der Waals surface area contributed by atoms with Crippen LogP contribution in [0.4, 0.5) is 10.8 Å². The Hall–Kier alpha value is -2.12. The van der Waals surface area contributed by atoms with Gasteiger partial charge in [-0.3, -0.25) is 4.79 Å². The number of amidine groups is 1. The summed E-state index contributed by atoms with van der Waals surface area (Å²) in [6.45, 7) is 3.08. The minimum Gasteiger partial charge on any atom is -0.362 e.